The van der Waals surface area contributed by atoms with Gasteiger partial charge in [0.25, 0.3) is 5.91 Å². The van der Waals surface area contributed by atoms with Crippen molar-refractivity contribution in [2.45, 2.75) is 17.6 Å². The van der Waals surface area contributed by atoms with Gasteiger partial charge in [-0.15, -0.1) is 11.8 Å². The minimum atomic E-state index is -0.315. The molecule has 126 valence electrons. The number of aromatic nitrogens is 3. The lowest BCUT2D eigenvalue weighted by Gasteiger charge is -2.20. The number of halogens is 2. The normalized spacial score (nSPS) is 12.4. The third-order valence-corrected chi connectivity index (χ3v) is 5.13. The van der Waals surface area contributed by atoms with Gasteiger partial charge in [0.15, 0.2) is 5.69 Å². The summed E-state index contributed by atoms with van der Waals surface area (Å²) in [6.45, 7) is 1.83. The number of hydrogen-bond donors (Lipinski definition) is 1. The van der Waals surface area contributed by atoms with Crippen molar-refractivity contribution in [3.8, 4) is 5.69 Å². The van der Waals surface area contributed by atoms with Crippen molar-refractivity contribution in [1.82, 2.24) is 14.5 Å². The first-order valence-electron chi connectivity index (χ1n) is 7.47. The van der Waals surface area contributed by atoms with Gasteiger partial charge in [0.05, 0.1) is 11.4 Å². The Morgan fingerprint density at radius 1 is 1.36 bits per heavy atom. The van der Waals surface area contributed by atoms with Crippen molar-refractivity contribution >= 4 is 35.0 Å². The highest BCUT2D eigenvalue weighted by Crippen LogP contribution is 2.37. The molecule has 0 fully saturated rings. The molecule has 8 heteroatoms. The molecule has 0 atom stereocenters. The average Bonchev–Trinajstić information content (AvgIpc) is 2.92. The van der Waals surface area contributed by atoms with Crippen molar-refractivity contribution in [2.75, 3.05) is 5.32 Å². The number of fused-ring (bicyclic) bond motifs is 3. The Labute approximate surface area is 152 Å². The smallest absolute Gasteiger partial charge is 0.276 e. The zero-order chi connectivity index (χ0) is 17.6. The first kappa shape index (κ1) is 16.1. The molecular weight excluding hydrogens is 363 g/mol. The fraction of sp³-hybridized carbons (Fsp3) is 0.118. The molecule has 1 aliphatic heterocycles. The third-order valence-electron chi connectivity index (χ3n) is 3.87. The van der Waals surface area contributed by atoms with E-state index in [1.165, 1.54) is 30.1 Å². The minimum absolute atomic E-state index is 0.278. The number of amides is 1. The first-order valence-corrected chi connectivity index (χ1v) is 8.83. The van der Waals surface area contributed by atoms with Crippen LogP contribution in [0.15, 0.2) is 41.4 Å². The van der Waals surface area contributed by atoms with Crippen molar-refractivity contribution in [1.29, 1.82) is 0 Å². The van der Waals surface area contributed by atoms with Crippen LogP contribution in [0.1, 0.15) is 22.0 Å². The van der Waals surface area contributed by atoms with E-state index in [1.807, 2.05) is 11.5 Å². The molecule has 0 unspecified atom stereocenters. The highest BCUT2D eigenvalue weighted by atomic mass is 35.5. The van der Waals surface area contributed by atoms with Crippen molar-refractivity contribution in [2.24, 2.45) is 0 Å². The summed E-state index contributed by atoms with van der Waals surface area (Å²) >= 11 is 7.33. The van der Waals surface area contributed by atoms with Crippen LogP contribution in [0.25, 0.3) is 5.69 Å². The number of thioether (sulfide) groups is 1. The molecule has 4 rings (SSSR count). The van der Waals surface area contributed by atoms with Crippen molar-refractivity contribution in [3.63, 3.8) is 0 Å². The SMILES string of the molecule is Cc1nc(C(=O)Nc2ccnc(Cl)c2)c2n1-c1ccc(F)cc1SC2. The number of pyridine rings is 1. The van der Waals surface area contributed by atoms with Crippen molar-refractivity contribution < 1.29 is 9.18 Å². The number of benzene rings is 1. The van der Waals surface area contributed by atoms with Gasteiger partial charge in [-0.05, 0) is 37.3 Å². The molecule has 0 saturated carbocycles. The molecule has 0 bridgehead atoms. The largest absolute Gasteiger partial charge is 0.320 e. The first-order chi connectivity index (χ1) is 12.0. The van der Waals surface area contributed by atoms with E-state index < -0.39 is 0 Å². The summed E-state index contributed by atoms with van der Waals surface area (Å²) in [6.07, 6.45) is 1.52. The number of nitrogens with zero attached hydrogens (tertiary/aromatic N) is 3. The lowest BCUT2D eigenvalue weighted by atomic mass is 10.2. The molecule has 5 nitrogen and oxygen atoms in total. The topological polar surface area (TPSA) is 59.8 Å². The molecule has 3 aromatic rings. The van der Waals surface area contributed by atoms with E-state index in [0.29, 0.717) is 28.1 Å². The van der Waals surface area contributed by atoms with Crippen LogP contribution in [0, 0.1) is 12.7 Å². The van der Waals surface area contributed by atoms with E-state index in [4.69, 9.17) is 11.6 Å². The molecule has 0 aliphatic carbocycles. The summed E-state index contributed by atoms with van der Waals surface area (Å²) in [5.74, 6) is 0.628. The Bertz CT molecular complexity index is 1000. The Kier molecular flexibility index (Phi) is 3.97. The van der Waals surface area contributed by atoms with Gasteiger partial charge in [-0.3, -0.25) is 9.36 Å². The number of carbonyl (C=O) groups excluding carboxylic acids is 1. The summed E-state index contributed by atoms with van der Waals surface area (Å²) in [5.41, 5.74) is 2.53. The summed E-state index contributed by atoms with van der Waals surface area (Å²) in [5, 5.41) is 3.09. The van der Waals surface area contributed by atoms with Gasteiger partial charge >= 0.3 is 0 Å². The Morgan fingerprint density at radius 3 is 3.00 bits per heavy atom. The van der Waals surface area contributed by atoms with Crippen LogP contribution in [0.5, 0.6) is 0 Å². The Morgan fingerprint density at radius 2 is 2.20 bits per heavy atom. The van der Waals surface area contributed by atoms with Gasteiger partial charge in [0, 0.05) is 22.5 Å². The second-order valence-corrected chi connectivity index (χ2v) is 6.92. The van der Waals surface area contributed by atoms with E-state index in [-0.39, 0.29) is 11.7 Å². The number of imidazole rings is 1. The minimum Gasteiger partial charge on any atom is -0.320 e. The van der Waals surface area contributed by atoms with Crippen LogP contribution >= 0.6 is 23.4 Å². The van der Waals surface area contributed by atoms with Crippen molar-refractivity contribution in [3.05, 3.63) is 64.7 Å². The molecular formula is C17H12ClFN4OS. The molecule has 1 N–H and O–H groups in total. The van der Waals surface area contributed by atoms with E-state index in [0.717, 1.165) is 16.3 Å². The number of carbonyl (C=O) groups is 1. The van der Waals surface area contributed by atoms with Gasteiger partial charge in [0.1, 0.15) is 16.8 Å². The third kappa shape index (κ3) is 2.89. The number of aryl methyl sites for hydroxylation is 1. The fourth-order valence-electron chi connectivity index (χ4n) is 2.82. The molecule has 1 amide bonds. The molecule has 3 heterocycles. The molecule has 2 aromatic heterocycles. The molecule has 1 aliphatic rings. The highest BCUT2D eigenvalue weighted by molar-refractivity contribution is 7.98. The molecule has 0 saturated heterocycles. The Balaban J connectivity index is 1.73. The average molecular weight is 375 g/mol. The predicted octanol–water partition coefficient (Wildman–Crippen LogP) is 4.23. The molecule has 0 spiro atoms. The number of nitrogens with one attached hydrogen (secondary N) is 1. The lowest BCUT2D eigenvalue weighted by Crippen LogP contribution is -2.16. The van der Waals surface area contributed by atoms with E-state index >= 15 is 0 Å². The van der Waals surface area contributed by atoms with Crippen LogP contribution < -0.4 is 5.32 Å². The summed E-state index contributed by atoms with van der Waals surface area (Å²) < 4.78 is 15.4. The van der Waals surface area contributed by atoms with Gasteiger partial charge in [-0.2, -0.15) is 0 Å². The zero-order valence-corrected chi connectivity index (χ0v) is 14.7. The Hall–Kier alpha value is -2.38. The fourth-order valence-corrected chi connectivity index (χ4v) is 4.05. The maximum absolute atomic E-state index is 13.5. The van der Waals surface area contributed by atoms with Gasteiger partial charge in [0.2, 0.25) is 0 Å². The van der Waals surface area contributed by atoms with Crippen LogP contribution in [0.2, 0.25) is 5.15 Å². The van der Waals surface area contributed by atoms with Gasteiger partial charge in [-0.1, -0.05) is 11.6 Å². The second kappa shape index (κ2) is 6.16. The van der Waals surface area contributed by atoms with E-state index in [2.05, 4.69) is 15.3 Å². The zero-order valence-electron chi connectivity index (χ0n) is 13.1. The number of hydrogen-bond acceptors (Lipinski definition) is 4. The summed E-state index contributed by atoms with van der Waals surface area (Å²) in [4.78, 5) is 21.8. The number of rotatable bonds is 2. The van der Waals surface area contributed by atoms with Crippen LogP contribution in [0.4, 0.5) is 10.1 Å². The molecule has 0 radical (unpaired) electrons. The lowest BCUT2D eigenvalue weighted by molar-refractivity contribution is 0.102. The van der Waals surface area contributed by atoms with E-state index in [1.54, 1.807) is 18.2 Å². The summed E-state index contributed by atoms with van der Waals surface area (Å²) in [6, 6.07) is 7.85. The maximum Gasteiger partial charge on any atom is 0.276 e. The predicted molar refractivity (Wildman–Crippen MR) is 95.0 cm³/mol. The quantitative estimate of drug-likeness (QED) is 0.682. The highest BCUT2D eigenvalue weighted by Gasteiger charge is 2.26. The second-order valence-electron chi connectivity index (χ2n) is 5.51. The van der Waals surface area contributed by atoms with Crippen LogP contribution in [-0.4, -0.2) is 20.4 Å². The molecule has 25 heavy (non-hydrogen) atoms. The standard InChI is InChI=1S/C17H12ClFN4OS/c1-9-21-16(17(24)22-11-4-5-20-15(18)7-11)13-8-25-14-6-10(19)2-3-12(14)23(9)13/h2-7H,8H2,1H3,(H,20,22,24). The summed E-state index contributed by atoms with van der Waals surface area (Å²) in [7, 11) is 0. The maximum atomic E-state index is 13.5. The van der Waals surface area contributed by atoms with Gasteiger partial charge < -0.3 is 5.32 Å². The molecule has 1 aromatic carbocycles. The number of anilines is 1. The van der Waals surface area contributed by atoms with Gasteiger partial charge in [-0.25, -0.2) is 14.4 Å². The van der Waals surface area contributed by atoms with Crippen LogP contribution in [0.3, 0.4) is 0 Å². The monoisotopic (exact) mass is 374 g/mol. The van der Waals surface area contributed by atoms with Crippen LogP contribution in [-0.2, 0) is 5.75 Å². The van der Waals surface area contributed by atoms with E-state index in [9.17, 15) is 9.18 Å².